The molecule has 5 aromatic carbocycles. The van der Waals surface area contributed by atoms with E-state index >= 15 is 0 Å². The number of fused-ring (bicyclic) bond motifs is 3. The zero-order valence-corrected chi connectivity index (χ0v) is 34.9. The van der Waals surface area contributed by atoms with E-state index in [0.717, 1.165) is 65.5 Å². The van der Waals surface area contributed by atoms with Gasteiger partial charge in [0, 0.05) is 53.2 Å². The third kappa shape index (κ3) is 9.07. The number of rotatable bonds is 5. The normalized spacial score (nSPS) is 16.8. The first-order valence-electron chi connectivity index (χ1n) is 22.6. The molecule has 1 aliphatic rings. The third-order valence-electron chi connectivity index (χ3n) is 11.0. The molecule has 0 atom stereocenters. The van der Waals surface area contributed by atoms with Crippen LogP contribution in [0.4, 0.5) is 13.2 Å². The summed E-state index contributed by atoms with van der Waals surface area (Å²) in [5.41, 5.74) is 7.89. The van der Waals surface area contributed by atoms with E-state index in [0.29, 0.717) is 50.0 Å². The van der Waals surface area contributed by atoms with Crippen molar-refractivity contribution in [3.05, 3.63) is 175 Å². The van der Waals surface area contributed by atoms with Gasteiger partial charge in [0.2, 0.25) is 0 Å². The van der Waals surface area contributed by atoms with E-state index in [1.165, 1.54) is 18.3 Å². The molecule has 1 fully saturated rings. The average Bonchev–Trinajstić information content (AvgIpc) is 3.66. The van der Waals surface area contributed by atoms with Crippen molar-refractivity contribution in [3.63, 3.8) is 0 Å². The Morgan fingerprint density at radius 3 is 2.25 bits per heavy atom. The van der Waals surface area contributed by atoms with Crippen LogP contribution in [0.2, 0.25) is 0 Å². The molecule has 0 unspecified atom stereocenters. The molecule has 9 rings (SSSR count). The number of halogens is 3. The summed E-state index contributed by atoms with van der Waals surface area (Å²) >= 11 is 0. The fourth-order valence-corrected chi connectivity index (χ4v) is 7.56. The monoisotopic (exact) mass is 970 g/mol. The van der Waals surface area contributed by atoms with Crippen molar-refractivity contribution in [2.24, 2.45) is 5.41 Å². The molecule has 59 heavy (non-hydrogen) atoms. The second-order valence-corrected chi connectivity index (χ2v) is 15.5. The minimum absolute atomic E-state index is 0. The first kappa shape index (κ1) is 33.4. The second-order valence-electron chi connectivity index (χ2n) is 15.5. The van der Waals surface area contributed by atoms with Crippen LogP contribution in [0, 0.1) is 32.1 Å². The van der Waals surface area contributed by atoms with Crippen LogP contribution in [-0.4, -0.2) is 9.97 Å². The Morgan fingerprint density at radius 1 is 0.780 bits per heavy atom. The number of nitrogens with zero attached hydrogens (tertiary/aromatic N) is 2. The number of furan rings is 1. The van der Waals surface area contributed by atoms with Gasteiger partial charge in [-0.2, -0.15) is 31.7 Å². The molecular weight excluding hydrogens is 918 g/mol. The van der Waals surface area contributed by atoms with Crippen molar-refractivity contribution in [2.75, 3.05) is 0 Å². The van der Waals surface area contributed by atoms with Gasteiger partial charge in [0.05, 0.1) is 11.1 Å². The molecule has 1 saturated carbocycles. The van der Waals surface area contributed by atoms with Crippen LogP contribution in [-0.2, 0) is 26.3 Å². The van der Waals surface area contributed by atoms with Crippen LogP contribution in [0.3, 0.4) is 0 Å². The Labute approximate surface area is 368 Å². The Balaban J connectivity index is 0.000000205. The summed E-state index contributed by atoms with van der Waals surface area (Å²) in [5, 5.41) is 1.33. The first-order chi connectivity index (χ1) is 30.6. The number of hydrogen-bond donors (Lipinski definition) is 0. The van der Waals surface area contributed by atoms with E-state index in [-0.39, 0.29) is 36.8 Å². The number of alkyl halides is 3. The van der Waals surface area contributed by atoms with Crippen molar-refractivity contribution in [2.45, 2.75) is 65.3 Å². The minimum atomic E-state index is -4.44. The molecule has 0 saturated heterocycles. The van der Waals surface area contributed by atoms with E-state index in [1.807, 2.05) is 42.5 Å². The average molecular weight is 970 g/mol. The molecule has 3 nitrogen and oxygen atoms in total. The molecule has 301 valence electrons. The Kier molecular flexibility index (Phi) is 9.61. The Morgan fingerprint density at radius 2 is 1.56 bits per heavy atom. The van der Waals surface area contributed by atoms with Crippen molar-refractivity contribution in [1.82, 2.24) is 9.97 Å². The smallest absolute Gasteiger partial charge is 0.416 e. The summed E-state index contributed by atoms with van der Waals surface area (Å²) in [6.07, 6.45) is 2.41. The van der Waals surface area contributed by atoms with Crippen molar-refractivity contribution >= 4 is 21.9 Å². The Bertz CT molecular complexity index is 2990. The molecule has 0 spiro atoms. The van der Waals surface area contributed by atoms with Gasteiger partial charge >= 0.3 is 6.18 Å². The molecule has 3 aromatic heterocycles. The van der Waals surface area contributed by atoms with Crippen LogP contribution in [0.15, 0.2) is 138 Å². The molecule has 8 aromatic rings. The summed E-state index contributed by atoms with van der Waals surface area (Å²) in [6, 6.07) is 38.1. The van der Waals surface area contributed by atoms with Gasteiger partial charge in [-0.05, 0) is 107 Å². The van der Waals surface area contributed by atoms with Crippen molar-refractivity contribution in [3.8, 4) is 44.8 Å². The minimum Gasteiger partial charge on any atom is -0.501 e. The standard InChI is InChI=1S/C32H27F3NO.C20H18N.Ir/c1-31(2)15-12-22(13-16-31)20-6-8-21(9-7-20)23-14-17-36-28(18-23)27-5-3-4-26-25-11-10-24(32(33,34)35)19-29(25)37-30(26)27;1-14-9-10-20(21-13-14)19-12-18(15(2)11-16(19)3)17-7-5-4-6-8-17;/h3-4,6-11,14,17-19,22H,12-13,15-16H2,1-2H3;4-13H,3H2,1-2H3;/q2*-1;/i22D;1D3,2D3;. The quantitative estimate of drug-likeness (QED) is 0.161. The molecule has 1 radical (unpaired) electrons. The van der Waals surface area contributed by atoms with Crippen LogP contribution in [0.1, 0.15) is 82.8 Å². The number of hydrogen-bond acceptors (Lipinski definition) is 3. The predicted molar refractivity (Wildman–Crippen MR) is 230 cm³/mol. The number of aryl methyl sites for hydroxylation is 2. The summed E-state index contributed by atoms with van der Waals surface area (Å²) in [4.78, 5) is 8.79. The Hall–Kier alpha value is -5.49. The van der Waals surface area contributed by atoms with Crippen molar-refractivity contribution < 1.29 is 47.3 Å². The number of pyridine rings is 2. The van der Waals surface area contributed by atoms with Gasteiger partial charge < -0.3 is 9.40 Å². The third-order valence-corrected chi connectivity index (χ3v) is 11.0. The predicted octanol–water partition coefficient (Wildman–Crippen LogP) is 15.0. The summed E-state index contributed by atoms with van der Waals surface area (Å²) in [6.45, 7) is 4.02. The molecule has 1 aliphatic carbocycles. The van der Waals surface area contributed by atoms with Crippen LogP contribution >= 0.6 is 0 Å². The van der Waals surface area contributed by atoms with Gasteiger partial charge in [0.15, 0.2) is 0 Å². The van der Waals surface area contributed by atoms with E-state index in [2.05, 4.69) is 61.1 Å². The van der Waals surface area contributed by atoms with Crippen LogP contribution < -0.4 is 0 Å². The zero-order chi connectivity index (χ0) is 46.5. The SMILES string of the molecule is [2H]C([2H])([2H])c1ccc(-c2cc(-c3ccccc3)c(C([2H])([2H])[2H])cc2[CH2-])nc1.[2H]C1(c2ccc(-c3ccnc(-c4[c-]ccc5c4oc4cc(C(F)(F)F)ccc45)c3)cc2)CCC(C)(C)CC1.[Ir]. The maximum Gasteiger partial charge on any atom is 0.416 e. The molecular formula is C52H45F3IrN2O-2. The van der Waals surface area contributed by atoms with E-state index in [1.54, 1.807) is 36.5 Å². The molecule has 0 aliphatic heterocycles. The molecule has 7 heteroatoms. The van der Waals surface area contributed by atoms with E-state index in [9.17, 15) is 13.2 Å². The number of aromatic nitrogens is 2. The maximum atomic E-state index is 13.2. The fourth-order valence-electron chi connectivity index (χ4n) is 7.56. The van der Waals surface area contributed by atoms with Gasteiger partial charge in [-0.1, -0.05) is 110 Å². The van der Waals surface area contributed by atoms with Crippen LogP contribution in [0.25, 0.3) is 66.7 Å². The topological polar surface area (TPSA) is 38.9 Å². The number of benzene rings is 5. The maximum absolute atomic E-state index is 13.2. The molecule has 3 heterocycles. The largest absolute Gasteiger partial charge is 0.501 e. The molecule has 0 amide bonds. The zero-order valence-electron chi connectivity index (χ0n) is 39.5. The second kappa shape index (κ2) is 17.0. The van der Waals surface area contributed by atoms with Crippen LogP contribution in [0.5, 0.6) is 0 Å². The van der Waals surface area contributed by atoms with Gasteiger partial charge in [-0.3, -0.25) is 4.98 Å². The van der Waals surface area contributed by atoms with Gasteiger partial charge in [-0.25, -0.2) is 0 Å². The van der Waals surface area contributed by atoms with Gasteiger partial charge in [0.25, 0.3) is 0 Å². The summed E-state index contributed by atoms with van der Waals surface area (Å²) in [7, 11) is 0. The summed E-state index contributed by atoms with van der Waals surface area (Å²) < 4.78 is 101. The van der Waals surface area contributed by atoms with Crippen molar-refractivity contribution in [1.29, 1.82) is 0 Å². The molecule has 0 N–H and O–H groups in total. The van der Waals surface area contributed by atoms with E-state index in [4.69, 9.17) is 14.0 Å². The fraction of sp³-hybridized carbons (Fsp3) is 0.212. The van der Waals surface area contributed by atoms with E-state index < -0.39 is 31.3 Å². The molecule has 0 bridgehead atoms. The first-order valence-corrected chi connectivity index (χ1v) is 19.1. The van der Waals surface area contributed by atoms with Gasteiger partial charge in [0.1, 0.15) is 5.58 Å². The van der Waals surface area contributed by atoms with Gasteiger partial charge in [-0.15, -0.1) is 29.8 Å². The summed E-state index contributed by atoms with van der Waals surface area (Å²) in [5.74, 6) is -0.546.